The van der Waals surface area contributed by atoms with Gasteiger partial charge in [-0.25, -0.2) is 9.97 Å². The highest BCUT2D eigenvalue weighted by atomic mass is 35.5. The molecule has 1 amide bonds. The Balaban J connectivity index is 1.27. The molecule has 0 saturated carbocycles. The smallest absolute Gasteiger partial charge is 0.240 e. The molecule has 188 valence electrons. The van der Waals surface area contributed by atoms with Crippen LogP contribution in [0, 0.1) is 0 Å². The Morgan fingerprint density at radius 3 is 2.60 bits per heavy atom. The number of aromatic nitrogens is 2. The molecule has 3 heterocycles. The first-order valence-corrected chi connectivity index (χ1v) is 13.0. The topological polar surface area (TPSA) is 90.8 Å². The molecule has 1 aromatic heterocycles. The molecular weight excluding hydrogens is 466 g/mol. The molecule has 0 bridgehead atoms. The van der Waals surface area contributed by atoms with Crippen LogP contribution in [-0.4, -0.2) is 77.4 Å². The number of amides is 1. The summed E-state index contributed by atoms with van der Waals surface area (Å²) in [7, 11) is 0. The van der Waals surface area contributed by atoms with Gasteiger partial charge in [0.2, 0.25) is 5.91 Å². The lowest BCUT2D eigenvalue weighted by atomic mass is 10.0. The minimum atomic E-state index is -0.519. The largest absolute Gasteiger partial charge is 0.387 e. The van der Waals surface area contributed by atoms with E-state index in [4.69, 9.17) is 16.3 Å². The van der Waals surface area contributed by atoms with Gasteiger partial charge in [0.1, 0.15) is 12.1 Å². The van der Waals surface area contributed by atoms with E-state index in [-0.39, 0.29) is 23.9 Å². The standard InChI is InChI=1S/C26H34ClN5O3/c1-17-14-22(33)24-23(17)25(29-16-28-24)31-8-10-32(11-9-31)26(34)21(30-20-6-12-35-13-7-20)15-18-2-4-19(27)5-3-18/h2-5,16-17,20-22,30,33H,6-15H2,1H3/t17-,21-,22-/m1/s1. The number of nitrogens with zero attached hydrogens (tertiary/aromatic N) is 4. The number of carbonyl (C=O) groups excluding carboxylic acids is 1. The fourth-order valence-electron chi connectivity index (χ4n) is 5.54. The summed E-state index contributed by atoms with van der Waals surface area (Å²) < 4.78 is 5.51. The van der Waals surface area contributed by atoms with Gasteiger partial charge < -0.3 is 25.0 Å². The molecule has 0 unspecified atom stereocenters. The summed E-state index contributed by atoms with van der Waals surface area (Å²) in [6.07, 6.45) is 4.18. The van der Waals surface area contributed by atoms with Gasteiger partial charge in [-0.1, -0.05) is 30.7 Å². The molecule has 8 nitrogen and oxygen atoms in total. The number of fused-ring (bicyclic) bond motifs is 1. The highest BCUT2D eigenvalue weighted by molar-refractivity contribution is 6.30. The zero-order valence-electron chi connectivity index (χ0n) is 20.2. The number of rotatable bonds is 6. The van der Waals surface area contributed by atoms with E-state index in [0.29, 0.717) is 44.0 Å². The fourth-order valence-corrected chi connectivity index (χ4v) is 5.66. The number of aliphatic hydroxyl groups is 1. The molecule has 2 aromatic rings. The second-order valence-corrected chi connectivity index (χ2v) is 10.3. The van der Waals surface area contributed by atoms with Crippen molar-refractivity contribution in [3.63, 3.8) is 0 Å². The van der Waals surface area contributed by atoms with Crippen LogP contribution in [0.1, 0.15) is 55.0 Å². The Labute approximate surface area is 211 Å². The molecule has 1 aliphatic carbocycles. The zero-order chi connectivity index (χ0) is 24.4. The van der Waals surface area contributed by atoms with Crippen molar-refractivity contribution in [2.45, 2.75) is 56.7 Å². The van der Waals surface area contributed by atoms with Crippen LogP contribution in [0.15, 0.2) is 30.6 Å². The summed E-state index contributed by atoms with van der Waals surface area (Å²) >= 11 is 6.07. The lowest BCUT2D eigenvalue weighted by Gasteiger charge is -2.38. The van der Waals surface area contributed by atoms with Gasteiger partial charge in [-0.2, -0.15) is 0 Å². The highest BCUT2D eigenvalue weighted by Crippen LogP contribution is 2.42. The SMILES string of the molecule is C[C@@H]1C[C@@H](O)c2ncnc(N3CCN(C(=O)[C@@H](Cc4ccc(Cl)cc4)NC4CCOCC4)CC3)c21. The van der Waals surface area contributed by atoms with Crippen LogP contribution < -0.4 is 10.2 Å². The summed E-state index contributed by atoms with van der Waals surface area (Å²) in [5, 5.41) is 14.7. The summed E-state index contributed by atoms with van der Waals surface area (Å²) in [5.74, 6) is 1.27. The van der Waals surface area contributed by atoms with Crippen molar-refractivity contribution < 1.29 is 14.6 Å². The first kappa shape index (κ1) is 24.4. The minimum absolute atomic E-state index is 0.141. The van der Waals surface area contributed by atoms with Crippen LogP contribution in [0.25, 0.3) is 0 Å². The number of aliphatic hydroxyl groups excluding tert-OH is 1. The highest BCUT2D eigenvalue weighted by Gasteiger charge is 2.35. The summed E-state index contributed by atoms with van der Waals surface area (Å²) in [6.45, 7) is 6.28. The Hall–Kier alpha value is -2.26. The number of carbonyl (C=O) groups is 1. The second-order valence-electron chi connectivity index (χ2n) is 9.90. The third kappa shape index (κ3) is 5.45. The van der Waals surface area contributed by atoms with Crippen molar-refractivity contribution in [1.82, 2.24) is 20.2 Å². The van der Waals surface area contributed by atoms with Crippen LogP contribution in [0.3, 0.4) is 0 Å². The van der Waals surface area contributed by atoms with Gasteiger partial charge in [-0.15, -0.1) is 0 Å². The zero-order valence-corrected chi connectivity index (χ0v) is 21.0. The van der Waals surface area contributed by atoms with E-state index in [2.05, 4.69) is 27.1 Å². The average Bonchev–Trinajstić information content (AvgIpc) is 3.18. The summed E-state index contributed by atoms with van der Waals surface area (Å²) in [6, 6.07) is 7.75. The van der Waals surface area contributed by atoms with Crippen LogP contribution in [-0.2, 0) is 16.0 Å². The average molecular weight is 500 g/mol. The van der Waals surface area contributed by atoms with Gasteiger partial charge in [-0.05, 0) is 49.3 Å². The van der Waals surface area contributed by atoms with Crippen LogP contribution >= 0.6 is 11.6 Å². The molecule has 2 fully saturated rings. The third-order valence-electron chi connectivity index (χ3n) is 7.48. The maximum atomic E-state index is 13.7. The Kier molecular flexibility index (Phi) is 7.53. The molecule has 2 saturated heterocycles. The monoisotopic (exact) mass is 499 g/mol. The maximum Gasteiger partial charge on any atom is 0.240 e. The molecule has 5 rings (SSSR count). The van der Waals surface area contributed by atoms with Crippen molar-refractivity contribution in [3.05, 3.63) is 52.4 Å². The first-order chi connectivity index (χ1) is 17.0. The Morgan fingerprint density at radius 2 is 1.89 bits per heavy atom. The molecule has 9 heteroatoms. The van der Waals surface area contributed by atoms with Gasteiger partial charge in [0.25, 0.3) is 0 Å². The van der Waals surface area contributed by atoms with E-state index in [1.165, 1.54) is 0 Å². The van der Waals surface area contributed by atoms with E-state index in [0.717, 1.165) is 48.7 Å². The molecule has 1 aromatic carbocycles. The molecule has 0 radical (unpaired) electrons. The van der Waals surface area contributed by atoms with Gasteiger partial charge in [0.15, 0.2) is 0 Å². The van der Waals surface area contributed by atoms with E-state index in [9.17, 15) is 9.90 Å². The van der Waals surface area contributed by atoms with E-state index in [1.807, 2.05) is 29.2 Å². The number of hydrogen-bond donors (Lipinski definition) is 2. The Bertz CT molecular complexity index is 1020. The quantitative estimate of drug-likeness (QED) is 0.631. The molecular formula is C26H34ClN5O3. The lowest BCUT2D eigenvalue weighted by molar-refractivity contribution is -0.134. The Morgan fingerprint density at radius 1 is 1.17 bits per heavy atom. The number of halogens is 1. The predicted octanol–water partition coefficient (Wildman–Crippen LogP) is 2.70. The van der Waals surface area contributed by atoms with Gasteiger partial charge in [-0.3, -0.25) is 4.79 Å². The first-order valence-electron chi connectivity index (χ1n) is 12.6. The second kappa shape index (κ2) is 10.8. The number of ether oxygens (including phenoxy) is 1. The van der Waals surface area contributed by atoms with E-state index < -0.39 is 6.10 Å². The normalized spacial score (nSPS) is 23.9. The van der Waals surface area contributed by atoms with Gasteiger partial charge in [0, 0.05) is 56.0 Å². The van der Waals surface area contributed by atoms with Crippen molar-refractivity contribution in [2.24, 2.45) is 0 Å². The molecule has 2 aliphatic heterocycles. The van der Waals surface area contributed by atoms with Crippen LogP contribution in [0.5, 0.6) is 0 Å². The van der Waals surface area contributed by atoms with Crippen LogP contribution in [0.4, 0.5) is 5.82 Å². The molecule has 3 atom stereocenters. The third-order valence-corrected chi connectivity index (χ3v) is 7.73. The van der Waals surface area contributed by atoms with Gasteiger partial charge >= 0.3 is 0 Å². The number of benzene rings is 1. The van der Waals surface area contributed by atoms with E-state index >= 15 is 0 Å². The number of anilines is 1. The predicted molar refractivity (Wildman–Crippen MR) is 135 cm³/mol. The lowest BCUT2D eigenvalue weighted by Crippen LogP contribution is -2.57. The molecule has 2 N–H and O–H groups in total. The fraction of sp³-hybridized carbons (Fsp3) is 0.577. The number of nitrogens with one attached hydrogen (secondary N) is 1. The summed E-state index contributed by atoms with van der Waals surface area (Å²) in [4.78, 5) is 26.8. The summed E-state index contributed by atoms with van der Waals surface area (Å²) in [5.41, 5.74) is 2.90. The van der Waals surface area contributed by atoms with E-state index in [1.54, 1.807) is 6.33 Å². The van der Waals surface area contributed by atoms with Crippen molar-refractivity contribution in [3.8, 4) is 0 Å². The molecule has 0 spiro atoms. The minimum Gasteiger partial charge on any atom is -0.387 e. The van der Waals surface area contributed by atoms with Gasteiger partial charge in [0.05, 0.1) is 17.8 Å². The number of piperazine rings is 1. The van der Waals surface area contributed by atoms with Crippen molar-refractivity contribution in [1.29, 1.82) is 0 Å². The number of hydrogen-bond acceptors (Lipinski definition) is 7. The van der Waals surface area contributed by atoms with Crippen LogP contribution in [0.2, 0.25) is 5.02 Å². The maximum absolute atomic E-state index is 13.7. The molecule has 3 aliphatic rings. The van der Waals surface area contributed by atoms with Crippen molar-refractivity contribution >= 4 is 23.3 Å². The molecule has 35 heavy (non-hydrogen) atoms. The van der Waals surface area contributed by atoms with Crippen molar-refractivity contribution in [2.75, 3.05) is 44.3 Å².